The average Bonchev–Trinajstić information content (AvgIpc) is 2.71. The van der Waals surface area contributed by atoms with Gasteiger partial charge in [0.25, 0.3) is 0 Å². The highest BCUT2D eigenvalue weighted by Crippen LogP contribution is 2.30. The summed E-state index contributed by atoms with van der Waals surface area (Å²) in [5.41, 5.74) is -0.0639. The summed E-state index contributed by atoms with van der Waals surface area (Å²) in [4.78, 5) is 12.7. The molecule has 1 heterocycles. The van der Waals surface area contributed by atoms with E-state index in [0.29, 0.717) is 19.4 Å². The van der Waals surface area contributed by atoms with Crippen molar-refractivity contribution in [2.45, 2.75) is 32.1 Å². The number of aliphatic hydroxyl groups excluding tert-OH is 1. The number of thiophene rings is 1. The highest BCUT2D eigenvalue weighted by atomic mass is 79.9. The Morgan fingerprint density at radius 2 is 2.29 bits per heavy atom. The topological polar surface area (TPSA) is 49.3 Å². The molecule has 17 heavy (non-hydrogen) atoms. The normalized spacial score (nSPS) is 11.5. The van der Waals surface area contributed by atoms with Crippen LogP contribution in [-0.2, 0) is 10.2 Å². The van der Waals surface area contributed by atoms with Crippen LogP contribution in [0.25, 0.3) is 0 Å². The largest absolute Gasteiger partial charge is 0.396 e. The highest BCUT2D eigenvalue weighted by Gasteiger charge is 2.23. The lowest BCUT2D eigenvalue weighted by atomic mass is 9.91. The molecular formula is C12H18BrNO2S. The molecule has 1 aromatic heterocycles. The van der Waals surface area contributed by atoms with Crippen LogP contribution < -0.4 is 5.32 Å². The SMILES string of the molecule is CC(C)(CNC(=O)CCCO)c1cc(Br)cs1. The number of aliphatic hydroxyl groups is 1. The Hall–Kier alpha value is -0.390. The summed E-state index contributed by atoms with van der Waals surface area (Å²) in [6, 6.07) is 2.09. The molecule has 96 valence electrons. The van der Waals surface area contributed by atoms with Crippen LogP contribution in [0, 0.1) is 0 Å². The second kappa shape index (κ2) is 6.52. The molecule has 0 saturated heterocycles. The highest BCUT2D eigenvalue weighted by molar-refractivity contribution is 9.10. The monoisotopic (exact) mass is 319 g/mol. The lowest BCUT2D eigenvalue weighted by Crippen LogP contribution is -2.36. The van der Waals surface area contributed by atoms with Gasteiger partial charge in [-0.05, 0) is 28.4 Å². The van der Waals surface area contributed by atoms with E-state index in [1.165, 1.54) is 4.88 Å². The molecule has 2 N–H and O–H groups in total. The zero-order valence-corrected chi connectivity index (χ0v) is 12.5. The molecule has 0 radical (unpaired) electrons. The predicted molar refractivity (Wildman–Crippen MR) is 74.4 cm³/mol. The van der Waals surface area contributed by atoms with Gasteiger partial charge in [0, 0.05) is 39.7 Å². The van der Waals surface area contributed by atoms with Crippen molar-refractivity contribution in [3.63, 3.8) is 0 Å². The van der Waals surface area contributed by atoms with Crippen LogP contribution in [0.15, 0.2) is 15.9 Å². The fourth-order valence-electron chi connectivity index (χ4n) is 1.40. The first-order valence-electron chi connectivity index (χ1n) is 5.58. The summed E-state index contributed by atoms with van der Waals surface area (Å²) in [5, 5.41) is 13.6. The minimum atomic E-state index is -0.0639. The Morgan fingerprint density at radius 3 is 2.82 bits per heavy atom. The quantitative estimate of drug-likeness (QED) is 0.847. The number of hydrogen-bond acceptors (Lipinski definition) is 3. The fraction of sp³-hybridized carbons (Fsp3) is 0.583. The third kappa shape index (κ3) is 4.77. The van der Waals surface area contributed by atoms with Crippen LogP contribution in [0.2, 0.25) is 0 Å². The third-order valence-corrected chi connectivity index (χ3v) is 4.58. The van der Waals surface area contributed by atoms with Gasteiger partial charge in [-0.25, -0.2) is 0 Å². The Morgan fingerprint density at radius 1 is 1.59 bits per heavy atom. The van der Waals surface area contributed by atoms with Crippen molar-refractivity contribution in [3.05, 3.63) is 20.8 Å². The van der Waals surface area contributed by atoms with E-state index in [-0.39, 0.29) is 17.9 Å². The van der Waals surface area contributed by atoms with E-state index in [1.54, 1.807) is 11.3 Å². The maximum atomic E-state index is 11.5. The van der Waals surface area contributed by atoms with Crippen LogP contribution in [0.3, 0.4) is 0 Å². The van der Waals surface area contributed by atoms with Gasteiger partial charge < -0.3 is 10.4 Å². The lowest BCUT2D eigenvalue weighted by molar-refractivity contribution is -0.121. The van der Waals surface area contributed by atoms with Crippen molar-refractivity contribution in [1.29, 1.82) is 0 Å². The van der Waals surface area contributed by atoms with Crippen LogP contribution in [0.4, 0.5) is 0 Å². The number of carbonyl (C=O) groups excluding carboxylic acids is 1. The van der Waals surface area contributed by atoms with Crippen molar-refractivity contribution in [1.82, 2.24) is 5.32 Å². The van der Waals surface area contributed by atoms with Crippen LogP contribution in [0.1, 0.15) is 31.6 Å². The van der Waals surface area contributed by atoms with Crippen molar-refractivity contribution in [2.75, 3.05) is 13.2 Å². The van der Waals surface area contributed by atoms with Crippen molar-refractivity contribution < 1.29 is 9.90 Å². The molecule has 0 aliphatic rings. The molecule has 0 aromatic carbocycles. The minimum Gasteiger partial charge on any atom is -0.396 e. The lowest BCUT2D eigenvalue weighted by Gasteiger charge is -2.23. The summed E-state index contributed by atoms with van der Waals surface area (Å²) >= 11 is 5.12. The smallest absolute Gasteiger partial charge is 0.220 e. The number of hydrogen-bond donors (Lipinski definition) is 2. The standard InChI is InChI=1S/C12H18BrNO2S/c1-12(2,10-6-9(13)7-17-10)8-14-11(16)4-3-5-15/h6-7,15H,3-5,8H2,1-2H3,(H,14,16). The zero-order valence-electron chi connectivity index (χ0n) is 10.1. The summed E-state index contributed by atoms with van der Waals surface area (Å²) in [6.07, 6.45) is 0.914. The van der Waals surface area contributed by atoms with Gasteiger partial charge >= 0.3 is 0 Å². The van der Waals surface area contributed by atoms with E-state index in [0.717, 1.165) is 4.47 Å². The Bertz CT molecular complexity index is 376. The molecule has 0 fully saturated rings. The van der Waals surface area contributed by atoms with E-state index < -0.39 is 0 Å². The van der Waals surface area contributed by atoms with Crippen LogP contribution in [-0.4, -0.2) is 24.2 Å². The maximum absolute atomic E-state index is 11.5. The second-order valence-corrected chi connectivity index (χ2v) is 6.44. The Labute approximate surface area is 114 Å². The van der Waals surface area contributed by atoms with E-state index >= 15 is 0 Å². The molecule has 3 nitrogen and oxygen atoms in total. The van der Waals surface area contributed by atoms with Gasteiger partial charge in [-0.2, -0.15) is 0 Å². The molecule has 5 heteroatoms. The van der Waals surface area contributed by atoms with Crippen molar-refractivity contribution in [3.8, 4) is 0 Å². The summed E-state index contributed by atoms with van der Waals surface area (Å²) in [6.45, 7) is 4.90. The fourth-order valence-corrected chi connectivity index (χ4v) is 2.96. The summed E-state index contributed by atoms with van der Waals surface area (Å²) in [5.74, 6) is 0.00254. The van der Waals surface area contributed by atoms with Crippen LogP contribution >= 0.6 is 27.3 Å². The number of rotatable bonds is 6. The number of carbonyl (C=O) groups is 1. The average molecular weight is 320 g/mol. The summed E-state index contributed by atoms with van der Waals surface area (Å²) < 4.78 is 1.08. The van der Waals surface area contributed by atoms with E-state index in [1.807, 2.05) is 5.38 Å². The first-order chi connectivity index (χ1) is 7.95. The predicted octanol–water partition coefficient (Wildman–Crippen LogP) is 2.68. The van der Waals surface area contributed by atoms with Crippen molar-refractivity contribution >= 4 is 33.2 Å². The molecule has 0 aliphatic heterocycles. The van der Waals surface area contributed by atoms with E-state index in [4.69, 9.17) is 5.11 Å². The first-order valence-corrected chi connectivity index (χ1v) is 7.25. The minimum absolute atomic E-state index is 0.00254. The number of amides is 1. The molecule has 1 amide bonds. The Balaban J connectivity index is 2.47. The van der Waals surface area contributed by atoms with Gasteiger partial charge in [0.1, 0.15) is 0 Å². The molecule has 0 bridgehead atoms. The van der Waals surface area contributed by atoms with Gasteiger partial charge in [0.05, 0.1) is 0 Å². The van der Waals surface area contributed by atoms with Gasteiger partial charge in [0.15, 0.2) is 0 Å². The second-order valence-electron chi connectivity index (χ2n) is 4.62. The molecule has 1 rings (SSSR count). The molecule has 0 atom stereocenters. The van der Waals surface area contributed by atoms with E-state index in [2.05, 4.69) is 41.2 Å². The third-order valence-electron chi connectivity index (χ3n) is 2.52. The van der Waals surface area contributed by atoms with Crippen molar-refractivity contribution in [2.24, 2.45) is 0 Å². The van der Waals surface area contributed by atoms with Crippen LogP contribution in [0.5, 0.6) is 0 Å². The molecule has 0 spiro atoms. The Kier molecular flexibility index (Phi) is 5.62. The molecular weight excluding hydrogens is 302 g/mol. The number of nitrogens with one attached hydrogen (secondary N) is 1. The van der Waals surface area contributed by atoms with Gasteiger partial charge in [-0.15, -0.1) is 11.3 Å². The van der Waals surface area contributed by atoms with E-state index in [9.17, 15) is 4.79 Å². The number of halogens is 1. The zero-order chi connectivity index (χ0) is 12.9. The molecule has 1 aromatic rings. The van der Waals surface area contributed by atoms with Gasteiger partial charge in [-0.1, -0.05) is 13.8 Å². The first kappa shape index (κ1) is 14.7. The molecule has 0 unspecified atom stereocenters. The molecule has 0 saturated carbocycles. The summed E-state index contributed by atoms with van der Waals surface area (Å²) in [7, 11) is 0. The van der Waals surface area contributed by atoms with Gasteiger partial charge in [0.2, 0.25) is 5.91 Å². The maximum Gasteiger partial charge on any atom is 0.220 e. The molecule has 0 aliphatic carbocycles. The van der Waals surface area contributed by atoms with Gasteiger partial charge in [-0.3, -0.25) is 4.79 Å².